The molecule has 2 aliphatic rings. The Morgan fingerprint density at radius 1 is 0.750 bits per heavy atom. The average Bonchev–Trinajstić information content (AvgIpc) is 3.83. The Balaban J connectivity index is 0.00000310. The topological polar surface area (TPSA) is 387 Å². The molecule has 6 rings (SSSR count). The molecule has 0 radical (unpaired) electrons. The van der Waals surface area contributed by atoms with Gasteiger partial charge in [-0.25, -0.2) is 43.1 Å². The summed E-state index contributed by atoms with van der Waals surface area (Å²) in [6.07, 6.45) is -9.85. The molecular weight excluding hydrogens is 1220 g/mol. The molecule has 2 saturated heterocycles. The number of aliphatic hydroxyl groups excluding tert-OH is 4. The summed E-state index contributed by atoms with van der Waals surface area (Å²) in [7, 11) is -11.5. The maximum atomic E-state index is 13.0. The van der Waals surface area contributed by atoms with E-state index in [4.69, 9.17) is 53.4 Å². The first-order valence-electron chi connectivity index (χ1n) is 14.9. The van der Waals surface area contributed by atoms with E-state index in [9.17, 15) is 48.8 Å². The van der Waals surface area contributed by atoms with Crippen LogP contribution in [0.2, 0.25) is 0 Å². The van der Waals surface area contributed by atoms with E-state index in [0.29, 0.717) is 0 Å². The summed E-state index contributed by atoms with van der Waals surface area (Å²) >= 11 is 17.7. The van der Waals surface area contributed by atoms with Gasteiger partial charge in [0.15, 0.2) is 43.0 Å². The largest absolute Gasteiger partial charge is 1.00 e. The number of aromatic nitrogens is 8. The summed E-state index contributed by atoms with van der Waals surface area (Å²) in [5.41, 5.74) is 12.3. The fraction of sp³-hybridized carbons (Fsp3) is 0.524. The summed E-state index contributed by atoms with van der Waals surface area (Å²) in [5.74, 6) is 0.0610. The first-order chi connectivity index (χ1) is 25.9. The molecule has 11 N–H and O–H groups in total. The van der Waals surface area contributed by atoms with E-state index >= 15 is 0 Å². The molecule has 39 heteroatoms. The number of nitrogens with two attached hydrogens (primary N) is 2. The third kappa shape index (κ3) is 13.5. The van der Waals surface area contributed by atoms with Gasteiger partial charge in [-0.05, 0) is 11.8 Å². The van der Waals surface area contributed by atoms with Crippen molar-refractivity contribution in [3.05, 3.63) is 20.3 Å². The van der Waals surface area contributed by atoms with Crippen LogP contribution in [0.25, 0.3) is 22.3 Å². The van der Waals surface area contributed by atoms with Crippen molar-refractivity contribution in [2.24, 2.45) is 0 Å². The predicted molar refractivity (Wildman–Crippen MR) is 213 cm³/mol. The van der Waals surface area contributed by atoms with E-state index in [1.54, 1.807) is 45.2 Å². The summed E-state index contributed by atoms with van der Waals surface area (Å²) in [4.78, 5) is 52.9. The first kappa shape index (κ1) is 59.7. The van der Waals surface area contributed by atoms with Gasteiger partial charge in [-0.3, -0.25) is 22.8 Å². The Kier molecular flexibility index (Phi) is 23.4. The molecule has 2 aliphatic heterocycles. The summed E-state index contributed by atoms with van der Waals surface area (Å²) in [6.45, 7) is -11.7. The fourth-order valence-electron chi connectivity index (χ4n) is 5.33. The number of imidazole rings is 2. The number of nitrogen functional groups attached to an aromatic ring is 2. The number of alkyl halides is 1. The van der Waals surface area contributed by atoms with Crippen LogP contribution in [-0.2, 0) is 52.6 Å². The zero-order chi connectivity index (χ0) is 41.3. The van der Waals surface area contributed by atoms with Crippen LogP contribution in [0.3, 0.4) is 0 Å². The van der Waals surface area contributed by atoms with E-state index in [0.717, 1.165) is 0 Å². The molecule has 0 saturated carbocycles. The molecule has 4 aromatic heterocycles. The molecule has 60 heavy (non-hydrogen) atoms. The minimum absolute atomic E-state index is 0. The van der Waals surface area contributed by atoms with Gasteiger partial charge in [-0.15, -0.1) is 0 Å². The van der Waals surface area contributed by atoms with E-state index in [-0.39, 0.29) is 160 Å². The van der Waals surface area contributed by atoms with Crippen LogP contribution < -0.4 is 130 Å². The molecule has 26 nitrogen and oxygen atoms in total. The number of aliphatic hydroxyl groups is 4. The second-order valence-corrected chi connectivity index (χ2v) is 24.8. The van der Waals surface area contributed by atoms with Crippen molar-refractivity contribution in [2.75, 3.05) is 24.7 Å². The number of nitrogens with zero attached hydrogens (tertiary/aromatic N) is 8. The van der Waals surface area contributed by atoms with Crippen molar-refractivity contribution < 1.29 is 194 Å². The number of hydrogen-bond donors (Lipinski definition) is 10. The van der Waals surface area contributed by atoms with Gasteiger partial charge in [0.25, 0.3) is 0 Å². The molecule has 0 amide bonds. The Labute approximate surface area is 468 Å². The molecule has 0 aliphatic carbocycles. The minimum atomic E-state index is -5.76. The Hall–Kier alpha value is 3.62. The summed E-state index contributed by atoms with van der Waals surface area (Å²) in [5, 5.41) is 42.5. The second-order valence-electron chi connectivity index (χ2n) is 11.6. The number of hydrogen-bond acceptors (Lipinski definition) is 22. The standard InChI is InChI=1S/C21H27ClI2N10O16P4S2.4Na/c22-19(51(39,40)49-53(43,55)45-1-5-9(35)11(37)17(47-5)33-3-27-7-13(25)29-20(23)31-15(7)33)52(41,42)50-54(44,56)46-2-6-10(36)12(38)18(48-6)34-4-28-8-14(26)30-21(24)32-16(8)34;;;;/h3-6,9-12,17-19,35-38H,1-2H2,(H,39,40)(H,41,42)(H,43,55)(H,44,56)(H2,25,29,31)(H2,26,30,32);;;;/q;4*+1/t5-,6-,9-,10-,11-,12-,17-,18-,19?,53?,54?;;;;/m1..../s1. The first-order valence-corrected chi connectivity index (χ1v) is 26.1. The maximum absolute atomic E-state index is 13.0. The van der Waals surface area contributed by atoms with E-state index in [1.807, 2.05) is 0 Å². The predicted octanol–water partition coefficient (Wildman–Crippen LogP) is -11.5. The van der Waals surface area contributed by atoms with Gasteiger partial charge in [0.2, 0.25) is 4.86 Å². The molecule has 6 heterocycles. The Bertz CT molecular complexity index is 2220. The number of rotatable bonds is 14. The molecule has 13 atom stereocenters. The van der Waals surface area contributed by atoms with Crippen LogP contribution in [-0.4, -0.2) is 129 Å². The third-order valence-corrected chi connectivity index (χ3v) is 19.5. The van der Waals surface area contributed by atoms with Gasteiger partial charge >= 0.3 is 147 Å². The van der Waals surface area contributed by atoms with Crippen LogP contribution in [0.15, 0.2) is 12.7 Å². The van der Waals surface area contributed by atoms with Crippen LogP contribution in [0, 0.1) is 7.66 Å². The van der Waals surface area contributed by atoms with Crippen molar-refractivity contribution in [2.45, 2.75) is 53.9 Å². The van der Waals surface area contributed by atoms with E-state index < -0.39 is 95.9 Å². The van der Waals surface area contributed by atoms with E-state index in [2.05, 4.69) is 50.8 Å². The van der Waals surface area contributed by atoms with Gasteiger partial charge in [-0.2, -0.15) is 0 Å². The molecule has 0 aromatic carbocycles. The van der Waals surface area contributed by atoms with Gasteiger partial charge in [-0.1, -0.05) is 23.8 Å². The van der Waals surface area contributed by atoms with Gasteiger partial charge in [0.1, 0.15) is 47.7 Å². The van der Waals surface area contributed by atoms with Crippen molar-refractivity contribution in [3.8, 4) is 0 Å². The van der Waals surface area contributed by atoms with Gasteiger partial charge in [0, 0.05) is 45.2 Å². The van der Waals surface area contributed by atoms with Crippen LogP contribution >= 0.6 is 97.7 Å². The zero-order valence-electron chi connectivity index (χ0n) is 31.1. The average molecular weight is 1240 g/mol. The number of fused-ring (bicyclic) bond motifs is 2. The summed E-state index contributed by atoms with van der Waals surface area (Å²) < 4.78 is 72.3. The smallest absolute Gasteiger partial charge is 0.387 e. The Morgan fingerprint density at radius 2 is 1.13 bits per heavy atom. The number of halogens is 3. The third-order valence-electron chi connectivity index (χ3n) is 7.85. The number of anilines is 2. The maximum Gasteiger partial charge on any atom is 1.00 e. The summed E-state index contributed by atoms with van der Waals surface area (Å²) in [6, 6.07) is 0. The molecule has 310 valence electrons. The quantitative estimate of drug-likeness (QED) is 0.0140. The molecule has 0 spiro atoms. The van der Waals surface area contributed by atoms with E-state index in [1.165, 1.54) is 21.8 Å². The molecule has 5 unspecified atom stereocenters. The van der Waals surface area contributed by atoms with Crippen molar-refractivity contribution in [1.82, 2.24) is 39.0 Å². The van der Waals surface area contributed by atoms with Crippen molar-refractivity contribution in [1.29, 1.82) is 0 Å². The van der Waals surface area contributed by atoms with Crippen LogP contribution in [0.1, 0.15) is 12.5 Å². The fourth-order valence-corrected chi connectivity index (χ4v) is 15.4. The minimum Gasteiger partial charge on any atom is -0.387 e. The van der Waals surface area contributed by atoms with Gasteiger partial charge < -0.3 is 60.6 Å². The van der Waals surface area contributed by atoms with Gasteiger partial charge in [0.05, 0.1) is 25.9 Å². The molecule has 4 aromatic rings. The molecular formula is C21H27ClI2N10Na4O16P4S2+4. The Morgan fingerprint density at radius 3 is 1.55 bits per heavy atom. The van der Waals surface area contributed by atoms with Crippen LogP contribution in [0.4, 0.5) is 11.6 Å². The van der Waals surface area contributed by atoms with Crippen molar-refractivity contribution in [3.63, 3.8) is 0 Å². The number of ether oxygens (including phenoxy) is 2. The zero-order valence-corrected chi connectivity index (χ0v) is 49.4. The monoisotopic (exact) mass is 1240 g/mol. The molecule has 2 fully saturated rings. The SMILES string of the molecule is Nc1nc(I)nc2c1ncn2[C@@H]1O[C@H](COP(=O)(S)OP(=O)(O)C(Cl)P(=O)(O)OP(O)(=S)OC[C@H]2O[C@@H](n3cnc4c(N)nc(I)nc43)[C@H](O)[C@@H]2O)[C@@H](O)[C@H]1O.[Na+].[Na+].[Na+].[Na+]. The van der Waals surface area contributed by atoms with Crippen LogP contribution in [0.5, 0.6) is 0 Å². The molecule has 0 bridgehead atoms. The normalized spacial score (nSPS) is 28.5. The number of thiol groups is 1. The second kappa shape index (κ2) is 23.5. The van der Waals surface area contributed by atoms with Crippen molar-refractivity contribution >= 4 is 144 Å².